The molecular formula is C19H22N2O2. The molecule has 1 aromatic rings. The maximum absolute atomic E-state index is 12.4. The van der Waals surface area contributed by atoms with Gasteiger partial charge in [-0.3, -0.25) is 9.59 Å². The Bertz CT molecular complexity index is 705. The summed E-state index contributed by atoms with van der Waals surface area (Å²) in [5.74, 6) is -0.0519. The smallest absolute Gasteiger partial charge is 0.205 e. The fourth-order valence-corrected chi connectivity index (χ4v) is 3.04. The summed E-state index contributed by atoms with van der Waals surface area (Å²) in [7, 11) is 0. The number of ketones is 2. The Balaban J connectivity index is 1.70. The number of nitrogens with zero attached hydrogens (tertiary/aromatic N) is 2. The van der Waals surface area contributed by atoms with Gasteiger partial charge in [-0.2, -0.15) is 0 Å². The lowest BCUT2D eigenvalue weighted by atomic mass is 9.94. The average molecular weight is 310 g/mol. The third-order valence-electron chi connectivity index (χ3n) is 4.79. The van der Waals surface area contributed by atoms with Crippen LogP contribution in [-0.4, -0.2) is 42.6 Å². The molecule has 0 radical (unpaired) electrons. The van der Waals surface area contributed by atoms with Crippen molar-refractivity contribution in [1.82, 2.24) is 4.90 Å². The molecule has 1 saturated heterocycles. The molecule has 1 aliphatic carbocycles. The molecule has 0 N–H and O–H groups in total. The van der Waals surface area contributed by atoms with Crippen molar-refractivity contribution in [3.05, 3.63) is 52.7 Å². The summed E-state index contributed by atoms with van der Waals surface area (Å²) >= 11 is 0. The predicted molar refractivity (Wildman–Crippen MR) is 91.4 cm³/mol. The Kier molecular flexibility index (Phi) is 4.07. The number of benzene rings is 1. The summed E-state index contributed by atoms with van der Waals surface area (Å²) < 4.78 is 0. The fraction of sp³-hybridized carbons (Fsp3) is 0.368. The van der Waals surface area contributed by atoms with Gasteiger partial charge in [0.25, 0.3) is 0 Å². The van der Waals surface area contributed by atoms with Gasteiger partial charge in [-0.15, -0.1) is 0 Å². The number of aryl methyl sites for hydroxylation is 1. The molecule has 1 aliphatic heterocycles. The van der Waals surface area contributed by atoms with Crippen molar-refractivity contribution in [3.63, 3.8) is 0 Å². The molecule has 3 rings (SSSR count). The summed E-state index contributed by atoms with van der Waals surface area (Å²) in [5.41, 5.74) is 4.16. The highest BCUT2D eigenvalue weighted by Crippen LogP contribution is 2.24. The van der Waals surface area contributed by atoms with E-state index in [1.807, 2.05) is 4.90 Å². The molecule has 0 saturated carbocycles. The van der Waals surface area contributed by atoms with Crippen LogP contribution in [0.3, 0.4) is 0 Å². The van der Waals surface area contributed by atoms with Crippen molar-refractivity contribution in [2.45, 2.75) is 20.8 Å². The van der Waals surface area contributed by atoms with Gasteiger partial charge in [-0.05, 0) is 32.9 Å². The van der Waals surface area contributed by atoms with Crippen molar-refractivity contribution in [2.24, 2.45) is 0 Å². The zero-order valence-electron chi connectivity index (χ0n) is 13.9. The van der Waals surface area contributed by atoms with E-state index in [4.69, 9.17) is 0 Å². The number of allylic oxidation sites excluding steroid dienone is 3. The van der Waals surface area contributed by atoms with Crippen LogP contribution in [0.15, 0.2) is 47.2 Å². The number of Topliss-reactive ketones (excluding diaryl/α,β-unsaturated/α-hetero) is 1. The molecule has 4 nitrogen and oxygen atoms in total. The summed E-state index contributed by atoms with van der Waals surface area (Å²) in [4.78, 5) is 28.8. The van der Waals surface area contributed by atoms with Gasteiger partial charge in [0.2, 0.25) is 5.78 Å². The molecule has 0 spiro atoms. The quantitative estimate of drug-likeness (QED) is 0.787. The lowest BCUT2D eigenvalue weighted by Crippen LogP contribution is -2.47. The van der Waals surface area contributed by atoms with E-state index in [1.54, 1.807) is 13.8 Å². The molecule has 0 bridgehead atoms. The fourth-order valence-electron chi connectivity index (χ4n) is 3.04. The number of carbonyl (C=O) groups excluding carboxylic acids is 2. The van der Waals surface area contributed by atoms with Crippen LogP contribution in [0.5, 0.6) is 0 Å². The lowest BCUT2D eigenvalue weighted by molar-refractivity contribution is -0.117. The topological polar surface area (TPSA) is 40.6 Å². The first-order chi connectivity index (χ1) is 11.0. The van der Waals surface area contributed by atoms with Gasteiger partial charge < -0.3 is 9.80 Å². The van der Waals surface area contributed by atoms with Gasteiger partial charge in [0.1, 0.15) is 0 Å². The van der Waals surface area contributed by atoms with Crippen LogP contribution in [0.1, 0.15) is 19.4 Å². The summed E-state index contributed by atoms with van der Waals surface area (Å²) in [5, 5.41) is 0. The van der Waals surface area contributed by atoms with E-state index in [0.717, 1.165) is 26.2 Å². The number of piperazine rings is 1. The minimum atomic E-state index is -0.0435. The first-order valence-electron chi connectivity index (χ1n) is 8.02. The Morgan fingerprint density at radius 1 is 0.783 bits per heavy atom. The monoisotopic (exact) mass is 310 g/mol. The van der Waals surface area contributed by atoms with Crippen LogP contribution in [0.25, 0.3) is 0 Å². The molecule has 0 atom stereocenters. The highest BCUT2D eigenvalue weighted by Gasteiger charge is 2.29. The second kappa shape index (κ2) is 6.03. The van der Waals surface area contributed by atoms with Crippen LogP contribution >= 0.6 is 0 Å². The maximum atomic E-state index is 12.4. The summed E-state index contributed by atoms with van der Waals surface area (Å²) in [6.07, 6.45) is 1.51. The molecule has 1 aromatic carbocycles. The third-order valence-corrected chi connectivity index (χ3v) is 4.79. The van der Waals surface area contributed by atoms with Crippen LogP contribution in [0.2, 0.25) is 0 Å². The second-order valence-electron chi connectivity index (χ2n) is 6.28. The highest BCUT2D eigenvalue weighted by molar-refractivity contribution is 6.22. The summed E-state index contributed by atoms with van der Waals surface area (Å²) in [6.45, 7) is 8.75. The van der Waals surface area contributed by atoms with E-state index >= 15 is 0 Å². The van der Waals surface area contributed by atoms with E-state index in [9.17, 15) is 9.59 Å². The van der Waals surface area contributed by atoms with Crippen molar-refractivity contribution >= 4 is 17.3 Å². The largest absolute Gasteiger partial charge is 0.368 e. The third kappa shape index (κ3) is 2.93. The molecule has 1 heterocycles. The number of carbonyl (C=O) groups is 2. The summed E-state index contributed by atoms with van der Waals surface area (Å²) in [6, 6.07) is 8.50. The van der Waals surface area contributed by atoms with Gasteiger partial charge in [-0.25, -0.2) is 0 Å². The van der Waals surface area contributed by atoms with Crippen molar-refractivity contribution in [2.75, 3.05) is 31.1 Å². The normalized spacial score (nSPS) is 19.3. The van der Waals surface area contributed by atoms with Gasteiger partial charge in [0.15, 0.2) is 5.78 Å². The highest BCUT2D eigenvalue weighted by atomic mass is 16.1. The number of anilines is 1. The van der Waals surface area contributed by atoms with Crippen molar-refractivity contribution < 1.29 is 9.59 Å². The number of hydrogen-bond acceptors (Lipinski definition) is 4. The molecular weight excluding hydrogens is 288 g/mol. The van der Waals surface area contributed by atoms with E-state index in [0.29, 0.717) is 16.8 Å². The van der Waals surface area contributed by atoms with E-state index in [2.05, 4.69) is 36.1 Å². The average Bonchev–Trinajstić information content (AvgIpc) is 2.57. The van der Waals surface area contributed by atoms with Crippen molar-refractivity contribution in [1.29, 1.82) is 0 Å². The molecule has 120 valence electrons. The lowest BCUT2D eigenvalue weighted by Gasteiger charge is -2.38. The van der Waals surface area contributed by atoms with E-state index < -0.39 is 0 Å². The predicted octanol–water partition coefficient (Wildman–Crippen LogP) is 2.49. The zero-order chi connectivity index (χ0) is 16.6. The van der Waals surface area contributed by atoms with Gasteiger partial charge in [-0.1, -0.05) is 17.7 Å². The zero-order valence-corrected chi connectivity index (χ0v) is 13.9. The molecule has 0 unspecified atom stereocenters. The van der Waals surface area contributed by atoms with Crippen molar-refractivity contribution in [3.8, 4) is 0 Å². The van der Waals surface area contributed by atoms with E-state index in [-0.39, 0.29) is 11.6 Å². The van der Waals surface area contributed by atoms with E-state index in [1.165, 1.54) is 17.3 Å². The Morgan fingerprint density at radius 3 is 1.96 bits per heavy atom. The van der Waals surface area contributed by atoms with Crippen LogP contribution in [0.4, 0.5) is 5.69 Å². The Labute approximate surface area is 137 Å². The Hall–Kier alpha value is -2.36. The first kappa shape index (κ1) is 15.5. The second-order valence-corrected chi connectivity index (χ2v) is 6.28. The molecule has 2 aliphatic rings. The SMILES string of the molecule is CC1=C(C)C(=O)C(N2CCN(c3ccc(C)cc3)CC2)=CC1=O. The minimum absolute atomic E-state index is 0.00844. The molecule has 0 aromatic heterocycles. The molecule has 23 heavy (non-hydrogen) atoms. The number of rotatable bonds is 2. The molecule has 4 heteroatoms. The molecule has 0 amide bonds. The van der Waals surface area contributed by atoms with Crippen LogP contribution in [-0.2, 0) is 9.59 Å². The standard InChI is InChI=1S/C19H22N2O2/c1-13-4-6-16(7-5-13)20-8-10-21(11-9-20)17-12-18(22)14(2)15(3)19(17)23/h4-7,12H,8-11H2,1-3H3. The number of hydrogen-bond donors (Lipinski definition) is 0. The minimum Gasteiger partial charge on any atom is -0.368 e. The molecule has 1 fully saturated rings. The van der Waals surface area contributed by atoms with Gasteiger partial charge in [0, 0.05) is 49.1 Å². The van der Waals surface area contributed by atoms with Gasteiger partial charge >= 0.3 is 0 Å². The van der Waals surface area contributed by atoms with Crippen LogP contribution in [0, 0.1) is 6.92 Å². The van der Waals surface area contributed by atoms with Gasteiger partial charge in [0.05, 0.1) is 5.70 Å². The maximum Gasteiger partial charge on any atom is 0.205 e. The first-order valence-corrected chi connectivity index (χ1v) is 8.02. The Morgan fingerprint density at radius 2 is 1.35 bits per heavy atom. The van der Waals surface area contributed by atoms with Crippen LogP contribution < -0.4 is 4.90 Å².